The van der Waals surface area contributed by atoms with Crippen LogP contribution in [-0.2, 0) is 10.3 Å². The zero-order chi connectivity index (χ0) is 11.7. The number of aromatic nitrogens is 3. The molecular weight excluding hydrogens is 216 g/mol. The second kappa shape index (κ2) is 3.64. The van der Waals surface area contributed by atoms with Crippen LogP contribution in [0, 0.1) is 0 Å². The van der Waals surface area contributed by atoms with E-state index < -0.39 is 0 Å². The van der Waals surface area contributed by atoms with Gasteiger partial charge in [0.1, 0.15) is 12.7 Å². The highest BCUT2D eigenvalue weighted by Gasteiger charge is 2.44. The van der Waals surface area contributed by atoms with Gasteiger partial charge < -0.3 is 0 Å². The van der Waals surface area contributed by atoms with Gasteiger partial charge in [-0.1, -0.05) is 12.1 Å². The SMILES string of the molecule is O=C=NC1(c2cccc(-n3cncn3)c2)CC1. The van der Waals surface area contributed by atoms with Crippen molar-refractivity contribution in [3.8, 4) is 5.69 Å². The number of hydrogen-bond donors (Lipinski definition) is 0. The molecule has 0 saturated heterocycles. The second-order valence-corrected chi connectivity index (χ2v) is 4.13. The van der Waals surface area contributed by atoms with Crippen molar-refractivity contribution in [2.45, 2.75) is 18.4 Å². The smallest absolute Gasteiger partial charge is 0.223 e. The number of benzene rings is 1. The third-order valence-electron chi connectivity index (χ3n) is 3.05. The molecule has 0 spiro atoms. The highest BCUT2D eigenvalue weighted by Crippen LogP contribution is 2.49. The van der Waals surface area contributed by atoms with E-state index in [1.54, 1.807) is 17.1 Å². The molecule has 0 aliphatic heterocycles. The van der Waals surface area contributed by atoms with Crippen LogP contribution in [0.3, 0.4) is 0 Å². The van der Waals surface area contributed by atoms with Gasteiger partial charge in [0.05, 0.1) is 11.2 Å². The summed E-state index contributed by atoms with van der Waals surface area (Å²) < 4.78 is 1.68. The Kier molecular flexibility index (Phi) is 2.13. The van der Waals surface area contributed by atoms with Crippen LogP contribution in [0.15, 0.2) is 41.9 Å². The quantitative estimate of drug-likeness (QED) is 0.589. The first kappa shape index (κ1) is 9.93. The molecule has 0 bridgehead atoms. The summed E-state index contributed by atoms with van der Waals surface area (Å²) in [5, 5.41) is 4.07. The lowest BCUT2D eigenvalue weighted by Gasteiger charge is -2.09. The van der Waals surface area contributed by atoms with Crippen molar-refractivity contribution in [3.63, 3.8) is 0 Å². The number of isocyanates is 1. The van der Waals surface area contributed by atoms with Crippen molar-refractivity contribution in [1.29, 1.82) is 0 Å². The molecule has 1 fully saturated rings. The van der Waals surface area contributed by atoms with E-state index in [1.807, 2.05) is 24.3 Å². The summed E-state index contributed by atoms with van der Waals surface area (Å²) in [4.78, 5) is 18.2. The Balaban J connectivity index is 2.03. The van der Waals surface area contributed by atoms with E-state index in [9.17, 15) is 4.79 Å². The van der Waals surface area contributed by atoms with Crippen molar-refractivity contribution in [2.75, 3.05) is 0 Å². The van der Waals surface area contributed by atoms with Crippen LogP contribution in [0.25, 0.3) is 5.69 Å². The van der Waals surface area contributed by atoms with Crippen LogP contribution in [0.1, 0.15) is 18.4 Å². The number of rotatable bonds is 3. The van der Waals surface area contributed by atoms with E-state index in [1.165, 1.54) is 6.33 Å². The average Bonchev–Trinajstić information content (AvgIpc) is 2.94. The largest absolute Gasteiger partial charge is 0.235 e. The van der Waals surface area contributed by atoms with Gasteiger partial charge in [-0.3, -0.25) is 0 Å². The zero-order valence-corrected chi connectivity index (χ0v) is 9.08. The molecule has 1 heterocycles. The van der Waals surface area contributed by atoms with E-state index >= 15 is 0 Å². The molecule has 0 amide bonds. The van der Waals surface area contributed by atoms with Gasteiger partial charge in [-0.05, 0) is 30.5 Å². The Morgan fingerprint density at radius 1 is 1.41 bits per heavy atom. The van der Waals surface area contributed by atoms with Crippen LogP contribution >= 0.6 is 0 Å². The van der Waals surface area contributed by atoms with E-state index in [0.29, 0.717) is 0 Å². The van der Waals surface area contributed by atoms with Crippen molar-refractivity contribution in [3.05, 3.63) is 42.5 Å². The van der Waals surface area contributed by atoms with Crippen LogP contribution in [-0.4, -0.2) is 20.8 Å². The number of carbonyl (C=O) groups excluding carboxylic acids is 1. The Labute approximate surface area is 97.8 Å². The summed E-state index contributed by atoms with van der Waals surface area (Å²) in [6, 6.07) is 7.85. The van der Waals surface area contributed by atoms with E-state index in [2.05, 4.69) is 15.1 Å². The molecule has 84 valence electrons. The molecule has 1 saturated carbocycles. The van der Waals surface area contributed by atoms with Gasteiger partial charge in [0.25, 0.3) is 0 Å². The standard InChI is InChI=1S/C12H10N4O/c17-9-14-12(4-5-12)10-2-1-3-11(6-10)16-8-13-7-15-16/h1-3,6-8H,4-5H2. The van der Waals surface area contributed by atoms with Gasteiger partial charge in [-0.15, -0.1) is 0 Å². The van der Waals surface area contributed by atoms with E-state index in [0.717, 1.165) is 24.1 Å². The number of hydrogen-bond acceptors (Lipinski definition) is 4. The van der Waals surface area contributed by atoms with Gasteiger partial charge in [-0.2, -0.15) is 10.1 Å². The van der Waals surface area contributed by atoms with Crippen LogP contribution in [0.5, 0.6) is 0 Å². The topological polar surface area (TPSA) is 60.1 Å². The predicted octanol–water partition coefficient (Wildman–Crippen LogP) is 1.59. The molecule has 0 N–H and O–H groups in total. The maximum Gasteiger partial charge on any atom is 0.235 e. The molecule has 0 radical (unpaired) electrons. The minimum Gasteiger partial charge on any atom is -0.223 e. The molecule has 1 aliphatic rings. The Hall–Kier alpha value is -2.26. The van der Waals surface area contributed by atoms with Gasteiger partial charge in [0, 0.05) is 0 Å². The molecule has 2 aromatic rings. The van der Waals surface area contributed by atoms with Crippen molar-refractivity contribution >= 4 is 6.08 Å². The van der Waals surface area contributed by atoms with Crippen molar-refractivity contribution in [2.24, 2.45) is 4.99 Å². The van der Waals surface area contributed by atoms with Gasteiger partial charge in [0.2, 0.25) is 6.08 Å². The van der Waals surface area contributed by atoms with Crippen molar-refractivity contribution < 1.29 is 4.79 Å². The first-order valence-electron chi connectivity index (χ1n) is 5.39. The van der Waals surface area contributed by atoms with Gasteiger partial charge >= 0.3 is 0 Å². The molecule has 0 atom stereocenters. The molecule has 17 heavy (non-hydrogen) atoms. The average molecular weight is 226 g/mol. The first-order chi connectivity index (χ1) is 8.34. The van der Waals surface area contributed by atoms with Crippen LogP contribution in [0.2, 0.25) is 0 Å². The Morgan fingerprint density at radius 3 is 2.94 bits per heavy atom. The maximum atomic E-state index is 10.4. The van der Waals surface area contributed by atoms with Crippen molar-refractivity contribution in [1.82, 2.24) is 14.8 Å². The molecule has 5 heteroatoms. The summed E-state index contributed by atoms with van der Waals surface area (Å²) in [6.45, 7) is 0. The van der Waals surface area contributed by atoms with Gasteiger partial charge in [0.15, 0.2) is 0 Å². The third-order valence-corrected chi connectivity index (χ3v) is 3.05. The summed E-state index contributed by atoms with van der Waals surface area (Å²) in [7, 11) is 0. The lowest BCUT2D eigenvalue weighted by Crippen LogP contribution is -2.04. The third kappa shape index (κ3) is 1.66. The fourth-order valence-corrected chi connectivity index (χ4v) is 1.95. The highest BCUT2D eigenvalue weighted by atomic mass is 16.1. The van der Waals surface area contributed by atoms with E-state index in [4.69, 9.17) is 0 Å². The summed E-state index contributed by atoms with van der Waals surface area (Å²) in [6.07, 6.45) is 6.60. The van der Waals surface area contributed by atoms with Gasteiger partial charge in [-0.25, -0.2) is 14.5 Å². The minimum atomic E-state index is -0.335. The lowest BCUT2D eigenvalue weighted by molar-refractivity contribution is 0.556. The number of nitrogens with zero attached hydrogens (tertiary/aromatic N) is 4. The maximum absolute atomic E-state index is 10.4. The highest BCUT2D eigenvalue weighted by molar-refractivity contribution is 5.45. The Morgan fingerprint density at radius 2 is 2.29 bits per heavy atom. The predicted molar refractivity (Wildman–Crippen MR) is 60.4 cm³/mol. The molecule has 1 aromatic carbocycles. The fraction of sp³-hybridized carbons (Fsp3) is 0.250. The summed E-state index contributed by atoms with van der Waals surface area (Å²) in [5.41, 5.74) is 1.62. The molecular formula is C12H10N4O. The lowest BCUT2D eigenvalue weighted by atomic mass is 10.1. The van der Waals surface area contributed by atoms with E-state index in [-0.39, 0.29) is 5.54 Å². The first-order valence-corrected chi connectivity index (χ1v) is 5.39. The normalized spacial score (nSPS) is 16.2. The molecule has 3 rings (SSSR count). The zero-order valence-electron chi connectivity index (χ0n) is 9.08. The second-order valence-electron chi connectivity index (χ2n) is 4.13. The molecule has 5 nitrogen and oxygen atoms in total. The van der Waals surface area contributed by atoms with Crippen LogP contribution < -0.4 is 0 Å². The number of aliphatic imine (C=N–C) groups is 1. The Bertz CT molecular complexity index is 580. The minimum absolute atomic E-state index is 0.335. The summed E-state index contributed by atoms with van der Waals surface area (Å²) >= 11 is 0. The fourth-order valence-electron chi connectivity index (χ4n) is 1.95. The molecule has 1 aliphatic carbocycles. The molecule has 1 aromatic heterocycles. The monoisotopic (exact) mass is 226 g/mol. The summed E-state index contributed by atoms with van der Waals surface area (Å²) in [5.74, 6) is 0. The molecule has 0 unspecified atom stereocenters. The van der Waals surface area contributed by atoms with Crippen LogP contribution in [0.4, 0.5) is 0 Å².